The number of hydrogen-bond acceptors (Lipinski definition) is 4. The smallest absolute Gasteiger partial charge is 0.409 e. The van der Waals surface area contributed by atoms with E-state index in [1.54, 1.807) is 4.90 Å². The zero-order valence-corrected chi connectivity index (χ0v) is 10.6. The number of nitrogens with two attached hydrogens (primary N) is 1. The lowest BCUT2D eigenvalue weighted by atomic mass is 10.2. The van der Waals surface area contributed by atoms with Crippen molar-refractivity contribution >= 4 is 17.5 Å². The Morgan fingerprint density at radius 2 is 1.94 bits per heavy atom. The van der Waals surface area contributed by atoms with E-state index in [-0.39, 0.29) is 6.09 Å². The van der Waals surface area contributed by atoms with Gasteiger partial charge >= 0.3 is 6.09 Å². The van der Waals surface area contributed by atoms with Crippen LogP contribution in [0.1, 0.15) is 6.92 Å². The molecule has 98 valence electrons. The SMILES string of the molecule is CCOC(=O)N1CCN(c2ccccc2N)CC1. The van der Waals surface area contributed by atoms with E-state index in [0.29, 0.717) is 19.7 Å². The van der Waals surface area contributed by atoms with Crippen LogP contribution in [0, 0.1) is 0 Å². The van der Waals surface area contributed by atoms with Gasteiger partial charge in [-0.2, -0.15) is 0 Å². The zero-order valence-electron chi connectivity index (χ0n) is 10.6. The fourth-order valence-corrected chi connectivity index (χ4v) is 2.12. The maximum atomic E-state index is 11.6. The predicted octanol–water partition coefficient (Wildman–Crippen LogP) is 1.55. The van der Waals surface area contributed by atoms with E-state index in [1.165, 1.54) is 0 Å². The molecule has 1 aromatic rings. The fraction of sp³-hybridized carbons (Fsp3) is 0.462. The Kier molecular flexibility index (Phi) is 3.92. The Hall–Kier alpha value is -1.91. The molecule has 1 amide bonds. The summed E-state index contributed by atoms with van der Waals surface area (Å²) in [6.45, 7) is 5.16. The van der Waals surface area contributed by atoms with E-state index in [4.69, 9.17) is 10.5 Å². The standard InChI is InChI=1S/C13H19N3O2/c1-2-18-13(17)16-9-7-15(8-10-16)12-6-4-3-5-11(12)14/h3-6H,2,7-10,14H2,1H3. The number of benzene rings is 1. The van der Waals surface area contributed by atoms with E-state index in [1.807, 2.05) is 31.2 Å². The van der Waals surface area contributed by atoms with Crippen molar-refractivity contribution in [2.24, 2.45) is 0 Å². The summed E-state index contributed by atoms with van der Waals surface area (Å²) in [5.74, 6) is 0. The highest BCUT2D eigenvalue weighted by molar-refractivity contribution is 5.70. The highest BCUT2D eigenvalue weighted by Gasteiger charge is 2.22. The minimum absolute atomic E-state index is 0.224. The van der Waals surface area contributed by atoms with Crippen LogP contribution in [-0.4, -0.2) is 43.8 Å². The number of rotatable bonds is 2. The molecule has 1 heterocycles. The number of ether oxygens (including phenoxy) is 1. The minimum Gasteiger partial charge on any atom is -0.450 e. The number of hydrogen-bond donors (Lipinski definition) is 1. The van der Waals surface area contributed by atoms with Crippen LogP contribution >= 0.6 is 0 Å². The van der Waals surface area contributed by atoms with Crippen LogP contribution in [0.3, 0.4) is 0 Å². The van der Waals surface area contributed by atoms with E-state index >= 15 is 0 Å². The normalized spacial score (nSPS) is 15.6. The average molecular weight is 249 g/mol. The Morgan fingerprint density at radius 1 is 1.28 bits per heavy atom. The highest BCUT2D eigenvalue weighted by atomic mass is 16.6. The third-order valence-corrected chi connectivity index (χ3v) is 3.08. The van der Waals surface area contributed by atoms with Gasteiger partial charge in [0.1, 0.15) is 0 Å². The van der Waals surface area contributed by atoms with E-state index in [0.717, 1.165) is 24.5 Å². The van der Waals surface area contributed by atoms with Crippen molar-refractivity contribution in [2.45, 2.75) is 6.92 Å². The molecule has 0 saturated carbocycles. The van der Waals surface area contributed by atoms with Crippen LogP contribution in [0.4, 0.5) is 16.2 Å². The van der Waals surface area contributed by atoms with Crippen LogP contribution in [0.15, 0.2) is 24.3 Å². The number of anilines is 2. The third-order valence-electron chi connectivity index (χ3n) is 3.08. The molecular formula is C13H19N3O2. The second-order valence-electron chi connectivity index (χ2n) is 4.23. The lowest BCUT2D eigenvalue weighted by Gasteiger charge is -2.35. The monoisotopic (exact) mass is 249 g/mol. The number of carbonyl (C=O) groups excluding carboxylic acids is 1. The molecule has 0 aromatic heterocycles. The average Bonchev–Trinajstić information content (AvgIpc) is 2.40. The lowest BCUT2D eigenvalue weighted by Crippen LogP contribution is -2.49. The first kappa shape index (κ1) is 12.5. The number of carbonyl (C=O) groups is 1. The van der Waals surface area contributed by atoms with Gasteiger partial charge in [-0.1, -0.05) is 12.1 Å². The minimum atomic E-state index is -0.224. The molecule has 1 aromatic carbocycles. The summed E-state index contributed by atoms with van der Waals surface area (Å²) in [7, 11) is 0. The van der Waals surface area contributed by atoms with Crippen LogP contribution in [0.25, 0.3) is 0 Å². The lowest BCUT2D eigenvalue weighted by molar-refractivity contribution is 0.105. The molecule has 0 atom stereocenters. The van der Waals surface area contributed by atoms with Crippen LogP contribution in [-0.2, 0) is 4.74 Å². The molecule has 0 aliphatic carbocycles. The summed E-state index contributed by atoms with van der Waals surface area (Å²) in [6, 6.07) is 7.81. The first-order valence-corrected chi connectivity index (χ1v) is 6.23. The van der Waals surface area contributed by atoms with Gasteiger partial charge < -0.3 is 20.3 Å². The molecule has 1 aliphatic heterocycles. The topological polar surface area (TPSA) is 58.8 Å². The van der Waals surface area contributed by atoms with Crippen molar-refractivity contribution in [2.75, 3.05) is 43.4 Å². The van der Waals surface area contributed by atoms with E-state index in [2.05, 4.69) is 4.90 Å². The molecule has 0 radical (unpaired) electrons. The third kappa shape index (κ3) is 2.67. The fourth-order valence-electron chi connectivity index (χ4n) is 2.12. The van der Waals surface area contributed by atoms with Gasteiger partial charge in [0, 0.05) is 26.2 Å². The van der Waals surface area contributed by atoms with Crippen molar-refractivity contribution < 1.29 is 9.53 Å². The summed E-state index contributed by atoms with van der Waals surface area (Å²) in [4.78, 5) is 15.5. The summed E-state index contributed by atoms with van der Waals surface area (Å²) in [6.07, 6.45) is -0.224. The Labute approximate surface area is 107 Å². The van der Waals surface area contributed by atoms with Crippen molar-refractivity contribution in [3.63, 3.8) is 0 Å². The van der Waals surface area contributed by atoms with E-state index < -0.39 is 0 Å². The van der Waals surface area contributed by atoms with Crippen molar-refractivity contribution in [1.82, 2.24) is 4.90 Å². The van der Waals surface area contributed by atoms with Gasteiger partial charge in [-0.25, -0.2) is 4.79 Å². The molecule has 5 nitrogen and oxygen atoms in total. The molecule has 2 N–H and O–H groups in total. The summed E-state index contributed by atoms with van der Waals surface area (Å²) < 4.78 is 4.99. The number of nitrogens with zero attached hydrogens (tertiary/aromatic N) is 2. The molecule has 1 fully saturated rings. The molecule has 18 heavy (non-hydrogen) atoms. The molecule has 2 rings (SSSR count). The van der Waals surface area contributed by atoms with Gasteiger partial charge in [0.2, 0.25) is 0 Å². The second kappa shape index (κ2) is 5.62. The quantitative estimate of drug-likeness (QED) is 0.808. The zero-order chi connectivity index (χ0) is 13.0. The second-order valence-corrected chi connectivity index (χ2v) is 4.23. The van der Waals surface area contributed by atoms with Crippen molar-refractivity contribution in [3.8, 4) is 0 Å². The molecule has 0 unspecified atom stereocenters. The molecule has 1 aliphatic rings. The van der Waals surface area contributed by atoms with Gasteiger partial charge in [0.05, 0.1) is 18.0 Å². The largest absolute Gasteiger partial charge is 0.450 e. The van der Waals surface area contributed by atoms with Gasteiger partial charge in [0.25, 0.3) is 0 Å². The Balaban J connectivity index is 1.95. The first-order valence-electron chi connectivity index (χ1n) is 6.23. The van der Waals surface area contributed by atoms with Crippen LogP contribution in [0.2, 0.25) is 0 Å². The Morgan fingerprint density at radius 3 is 2.56 bits per heavy atom. The van der Waals surface area contributed by atoms with Gasteiger partial charge in [-0.05, 0) is 19.1 Å². The van der Waals surface area contributed by atoms with E-state index in [9.17, 15) is 4.79 Å². The van der Waals surface area contributed by atoms with Gasteiger partial charge in [-0.15, -0.1) is 0 Å². The van der Waals surface area contributed by atoms with Crippen LogP contribution < -0.4 is 10.6 Å². The van der Waals surface area contributed by atoms with Gasteiger partial charge in [-0.3, -0.25) is 0 Å². The number of para-hydroxylation sites is 2. The summed E-state index contributed by atoms with van der Waals surface area (Å²) in [5, 5.41) is 0. The van der Waals surface area contributed by atoms with Gasteiger partial charge in [0.15, 0.2) is 0 Å². The molecule has 0 spiro atoms. The molecule has 0 bridgehead atoms. The first-order chi connectivity index (χ1) is 8.72. The summed E-state index contributed by atoms with van der Waals surface area (Å²) >= 11 is 0. The predicted molar refractivity (Wildman–Crippen MR) is 71.7 cm³/mol. The number of piperazine rings is 1. The number of nitrogen functional groups attached to an aromatic ring is 1. The maximum Gasteiger partial charge on any atom is 0.409 e. The highest BCUT2D eigenvalue weighted by Crippen LogP contribution is 2.23. The maximum absolute atomic E-state index is 11.6. The molecule has 5 heteroatoms. The van der Waals surface area contributed by atoms with Crippen molar-refractivity contribution in [3.05, 3.63) is 24.3 Å². The Bertz CT molecular complexity index is 414. The van der Waals surface area contributed by atoms with Crippen LogP contribution in [0.5, 0.6) is 0 Å². The number of amides is 1. The molecular weight excluding hydrogens is 230 g/mol. The molecule has 1 saturated heterocycles. The summed E-state index contributed by atoms with van der Waals surface area (Å²) in [5.41, 5.74) is 7.77. The van der Waals surface area contributed by atoms with Crippen molar-refractivity contribution in [1.29, 1.82) is 0 Å².